The van der Waals surface area contributed by atoms with Gasteiger partial charge in [-0.3, -0.25) is 0 Å². The highest BCUT2D eigenvalue weighted by atomic mass is 35.5. The molecule has 1 aliphatic rings. The molecule has 24 heavy (non-hydrogen) atoms. The highest BCUT2D eigenvalue weighted by molar-refractivity contribution is 7.89. The van der Waals surface area contributed by atoms with Crippen molar-refractivity contribution in [1.82, 2.24) is 4.31 Å². The summed E-state index contributed by atoms with van der Waals surface area (Å²) in [4.78, 5) is 12.4. The van der Waals surface area contributed by atoms with E-state index in [0.29, 0.717) is 23.9 Å². The molecular formula is C17H16ClNO4S. The number of esters is 1. The summed E-state index contributed by atoms with van der Waals surface area (Å²) in [5.74, 6) is -0.323. The van der Waals surface area contributed by atoms with Gasteiger partial charge in [-0.05, 0) is 49.2 Å². The molecule has 0 spiro atoms. The fraction of sp³-hybridized carbons (Fsp3) is 0.235. The summed E-state index contributed by atoms with van der Waals surface area (Å²) in [6, 6.07) is 12.4. The first-order valence-corrected chi connectivity index (χ1v) is 9.36. The summed E-state index contributed by atoms with van der Waals surface area (Å²) in [6.07, 6.45) is 1.71. The van der Waals surface area contributed by atoms with Crippen molar-refractivity contribution in [3.63, 3.8) is 0 Å². The van der Waals surface area contributed by atoms with E-state index >= 15 is 0 Å². The second kappa shape index (κ2) is 6.93. The Kier molecular flexibility index (Phi) is 4.89. The van der Waals surface area contributed by atoms with Crippen LogP contribution in [0, 0.1) is 0 Å². The number of benzene rings is 2. The molecule has 0 amide bonds. The highest BCUT2D eigenvalue weighted by Gasteiger charge is 2.27. The zero-order valence-corrected chi connectivity index (χ0v) is 14.4. The minimum absolute atomic E-state index is 0.102. The molecule has 2 aromatic carbocycles. The third-order valence-electron chi connectivity index (χ3n) is 3.78. The molecule has 7 heteroatoms. The zero-order valence-electron chi connectivity index (χ0n) is 12.8. The van der Waals surface area contributed by atoms with Crippen LogP contribution in [0.1, 0.15) is 23.2 Å². The normalized spacial score (nSPS) is 15.4. The van der Waals surface area contributed by atoms with Gasteiger partial charge in [-0.2, -0.15) is 4.31 Å². The lowest BCUT2D eigenvalue weighted by molar-refractivity contribution is 0.0734. The van der Waals surface area contributed by atoms with E-state index in [-0.39, 0.29) is 10.5 Å². The smallest absolute Gasteiger partial charge is 0.343 e. The van der Waals surface area contributed by atoms with Crippen molar-refractivity contribution in [2.24, 2.45) is 0 Å². The fourth-order valence-corrected chi connectivity index (χ4v) is 4.30. The Labute approximate surface area is 145 Å². The zero-order chi connectivity index (χ0) is 17.2. The molecule has 0 aliphatic carbocycles. The van der Waals surface area contributed by atoms with E-state index in [2.05, 4.69) is 0 Å². The van der Waals surface area contributed by atoms with Gasteiger partial charge in [0.05, 0.1) is 10.5 Å². The molecule has 126 valence electrons. The van der Waals surface area contributed by atoms with Crippen LogP contribution in [0.2, 0.25) is 5.02 Å². The second-order valence-corrected chi connectivity index (χ2v) is 7.86. The van der Waals surface area contributed by atoms with Crippen molar-refractivity contribution in [1.29, 1.82) is 0 Å². The number of carbonyl (C=O) groups excluding carboxylic acids is 1. The Bertz CT molecular complexity index is 860. The average Bonchev–Trinajstić information content (AvgIpc) is 3.10. The van der Waals surface area contributed by atoms with E-state index in [9.17, 15) is 13.2 Å². The van der Waals surface area contributed by atoms with Gasteiger partial charge in [0.1, 0.15) is 5.75 Å². The molecule has 1 saturated heterocycles. The van der Waals surface area contributed by atoms with Crippen molar-refractivity contribution in [3.05, 3.63) is 59.1 Å². The summed E-state index contributed by atoms with van der Waals surface area (Å²) in [5.41, 5.74) is 0.176. The molecular weight excluding hydrogens is 350 g/mol. The van der Waals surface area contributed by atoms with Crippen LogP contribution in [-0.2, 0) is 10.0 Å². The van der Waals surface area contributed by atoms with E-state index in [1.54, 1.807) is 18.2 Å². The monoisotopic (exact) mass is 365 g/mol. The number of rotatable bonds is 4. The van der Waals surface area contributed by atoms with Crippen LogP contribution in [0.25, 0.3) is 0 Å². The maximum Gasteiger partial charge on any atom is 0.343 e. The molecule has 0 N–H and O–H groups in total. The van der Waals surface area contributed by atoms with Gasteiger partial charge in [0.2, 0.25) is 10.0 Å². The Balaban J connectivity index is 1.83. The van der Waals surface area contributed by atoms with Gasteiger partial charge in [0.15, 0.2) is 0 Å². The first-order chi connectivity index (χ1) is 11.5. The first kappa shape index (κ1) is 17.0. The summed E-state index contributed by atoms with van der Waals surface area (Å²) >= 11 is 5.86. The van der Waals surface area contributed by atoms with Gasteiger partial charge in [-0.1, -0.05) is 23.7 Å². The topological polar surface area (TPSA) is 63.7 Å². The quantitative estimate of drug-likeness (QED) is 0.615. The van der Waals surface area contributed by atoms with Crippen molar-refractivity contribution in [3.8, 4) is 5.75 Å². The summed E-state index contributed by atoms with van der Waals surface area (Å²) in [5, 5.41) is 0.450. The number of ether oxygens (including phenoxy) is 1. The van der Waals surface area contributed by atoms with E-state index in [4.69, 9.17) is 16.3 Å². The van der Waals surface area contributed by atoms with Crippen LogP contribution in [0.15, 0.2) is 53.4 Å². The maximum absolute atomic E-state index is 12.6. The van der Waals surface area contributed by atoms with Gasteiger partial charge < -0.3 is 4.74 Å². The van der Waals surface area contributed by atoms with Gasteiger partial charge in [-0.25, -0.2) is 13.2 Å². The molecule has 0 aromatic heterocycles. The maximum atomic E-state index is 12.6. The third-order valence-corrected chi connectivity index (χ3v) is 5.91. The van der Waals surface area contributed by atoms with Crippen LogP contribution in [-0.4, -0.2) is 31.8 Å². The molecule has 0 radical (unpaired) electrons. The average molecular weight is 366 g/mol. The Morgan fingerprint density at radius 3 is 2.46 bits per heavy atom. The molecule has 2 aromatic rings. The van der Waals surface area contributed by atoms with E-state index in [1.807, 2.05) is 0 Å². The lowest BCUT2D eigenvalue weighted by Gasteiger charge is -2.15. The number of nitrogens with zero attached hydrogens (tertiary/aromatic N) is 1. The predicted octanol–water partition coefficient (Wildman–Crippen LogP) is 3.34. The van der Waals surface area contributed by atoms with Gasteiger partial charge >= 0.3 is 5.97 Å². The standard InChI is InChI=1S/C17H16ClNO4S/c18-14-6-4-7-15(12-14)23-17(20)13-5-3-8-16(11-13)24(21,22)19-9-1-2-10-19/h3-8,11-12H,1-2,9-10H2. The molecule has 1 fully saturated rings. The summed E-state index contributed by atoms with van der Waals surface area (Å²) in [6.45, 7) is 1.03. The Morgan fingerprint density at radius 2 is 1.75 bits per heavy atom. The van der Waals surface area contributed by atoms with Crippen molar-refractivity contribution < 1.29 is 17.9 Å². The third kappa shape index (κ3) is 3.61. The lowest BCUT2D eigenvalue weighted by atomic mass is 10.2. The predicted molar refractivity (Wildman–Crippen MR) is 90.8 cm³/mol. The molecule has 1 aliphatic heterocycles. The largest absolute Gasteiger partial charge is 0.423 e. The fourth-order valence-electron chi connectivity index (χ4n) is 2.56. The molecule has 0 bridgehead atoms. The summed E-state index contributed by atoms with van der Waals surface area (Å²) in [7, 11) is -3.57. The SMILES string of the molecule is O=C(Oc1cccc(Cl)c1)c1cccc(S(=O)(=O)N2CCCC2)c1. The molecule has 5 nitrogen and oxygen atoms in total. The van der Waals surface area contributed by atoms with Gasteiger partial charge in [0, 0.05) is 18.1 Å². The van der Waals surface area contributed by atoms with E-state index < -0.39 is 16.0 Å². The molecule has 3 rings (SSSR count). The second-order valence-electron chi connectivity index (χ2n) is 5.49. The number of carbonyl (C=O) groups is 1. The number of hydrogen-bond donors (Lipinski definition) is 0. The number of sulfonamides is 1. The minimum atomic E-state index is -3.57. The van der Waals surface area contributed by atoms with Crippen molar-refractivity contribution in [2.75, 3.05) is 13.1 Å². The van der Waals surface area contributed by atoms with Crippen molar-refractivity contribution >= 4 is 27.6 Å². The molecule has 0 saturated carbocycles. The Hall–Kier alpha value is -1.89. The number of hydrogen-bond acceptors (Lipinski definition) is 4. The van der Waals surface area contributed by atoms with Gasteiger partial charge in [-0.15, -0.1) is 0 Å². The van der Waals surface area contributed by atoms with Crippen LogP contribution >= 0.6 is 11.6 Å². The van der Waals surface area contributed by atoms with Crippen LogP contribution in [0.3, 0.4) is 0 Å². The van der Waals surface area contributed by atoms with Crippen LogP contribution in [0.4, 0.5) is 0 Å². The highest BCUT2D eigenvalue weighted by Crippen LogP contribution is 2.23. The molecule has 0 unspecified atom stereocenters. The number of halogens is 1. The van der Waals surface area contributed by atoms with Crippen LogP contribution < -0.4 is 4.74 Å². The summed E-state index contributed by atoms with van der Waals surface area (Å²) < 4.78 is 31.8. The molecule has 1 heterocycles. The van der Waals surface area contributed by atoms with Crippen LogP contribution in [0.5, 0.6) is 5.75 Å². The molecule has 0 atom stereocenters. The van der Waals surface area contributed by atoms with Gasteiger partial charge in [0.25, 0.3) is 0 Å². The lowest BCUT2D eigenvalue weighted by Crippen LogP contribution is -2.28. The first-order valence-electron chi connectivity index (χ1n) is 7.55. The van der Waals surface area contributed by atoms with E-state index in [0.717, 1.165) is 12.8 Å². The Morgan fingerprint density at radius 1 is 1.04 bits per heavy atom. The minimum Gasteiger partial charge on any atom is -0.423 e. The van der Waals surface area contributed by atoms with Crippen molar-refractivity contribution in [2.45, 2.75) is 17.7 Å². The van der Waals surface area contributed by atoms with E-state index in [1.165, 1.54) is 34.6 Å².